The maximum absolute atomic E-state index is 4.33. The molecule has 0 saturated carbocycles. The summed E-state index contributed by atoms with van der Waals surface area (Å²) in [6.45, 7) is 8.67. The highest BCUT2D eigenvalue weighted by atomic mass is 14.6. The van der Waals surface area contributed by atoms with Crippen LogP contribution in [0.25, 0.3) is 11.6 Å². The van der Waals surface area contributed by atoms with Gasteiger partial charge in [0.25, 0.3) is 0 Å². The van der Waals surface area contributed by atoms with E-state index in [1.165, 1.54) is 29.0 Å². The second-order valence-electron chi connectivity index (χ2n) is 4.70. The summed E-state index contributed by atoms with van der Waals surface area (Å²) in [5, 5.41) is 2.50. The number of aromatic nitrogens is 1. The van der Waals surface area contributed by atoms with Crippen LogP contribution >= 0.6 is 0 Å². The van der Waals surface area contributed by atoms with Crippen LogP contribution in [-0.2, 0) is 0 Å². The number of nitrogens with zero attached hydrogens (tertiary/aromatic N) is 1. The van der Waals surface area contributed by atoms with Crippen molar-refractivity contribution in [1.29, 1.82) is 0 Å². The van der Waals surface area contributed by atoms with Crippen molar-refractivity contribution in [3.63, 3.8) is 0 Å². The van der Waals surface area contributed by atoms with Gasteiger partial charge in [0.2, 0.25) is 0 Å². The fraction of sp³-hybridized carbons (Fsp3) is 0.500. The predicted octanol–water partition coefficient (Wildman–Crippen LogP) is 2.49. The zero-order valence-electron chi connectivity index (χ0n) is 10.2. The van der Waals surface area contributed by atoms with Crippen LogP contribution in [0, 0.1) is 5.92 Å². The molecule has 1 aliphatic carbocycles. The minimum Gasteiger partial charge on any atom is -0.256 e. The fourth-order valence-electron chi connectivity index (χ4n) is 1.50. The molecule has 0 bridgehead atoms. The second-order valence-corrected chi connectivity index (χ2v) is 4.70. The highest BCUT2D eigenvalue weighted by molar-refractivity contribution is 5.46. The van der Waals surface area contributed by atoms with Gasteiger partial charge in [-0.15, -0.1) is 0 Å². The average molecular weight is 203 g/mol. The maximum Gasteiger partial charge on any atom is 0.0688 e. The number of rotatable bonds is 0. The quantitative estimate of drug-likeness (QED) is 0.631. The molecule has 0 aliphatic heterocycles. The van der Waals surface area contributed by atoms with Crippen LogP contribution < -0.4 is 10.6 Å². The van der Waals surface area contributed by atoms with Crippen LogP contribution in [0.15, 0.2) is 18.3 Å². The molecular formula is C14H21N. The molecule has 1 heterocycles. The minimum atomic E-state index is 0.833. The molecule has 0 saturated heterocycles. The normalized spacial score (nSPS) is 13.8. The summed E-state index contributed by atoms with van der Waals surface area (Å²) in [5.74, 6) is 0.833. The van der Waals surface area contributed by atoms with Crippen molar-refractivity contribution in [2.75, 3.05) is 0 Å². The summed E-state index contributed by atoms with van der Waals surface area (Å²) >= 11 is 0. The van der Waals surface area contributed by atoms with Gasteiger partial charge in [-0.1, -0.05) is 32.9 Å². The van der Waals surface area contributed by atoms with E-state index in [0.29, 0.717) is 0 Å². The van der Waals surface area contributed by atoms with E-state index >= 15 is 0 Å². The summed E-state index contributed by atoms with van der Waals surface area (Å²) in [7, 11) is 0. The molecule has 82 valence electrons. The molecule has 0 fully saturated rings. The standard InChI is InChI=1S/C10H11N.C4H10/c1-8-4-2-5-9-6-3-7-11-10(8)9;1-4(2)3/h3,5-7H,2,4H2,1H3;4H,1-3H3. The van der Waals surface area contributed by atoms with E-state index in [-0.39, 0.29) is 0 Å². The monoisotopic (exact) mass is 203 g/mol. The first kappa shape index (κ1) is 12.0. The first-order valence-corrected chi connectivity index (χ1v) is 5.72. The van der Waals surface area contributed by atoms with Crippen LogP contribution in [0.4, 0.5) is 0 Å². The summed E-state index contributed by atoms with van der Waals surface area (Å²) in [6, 6.07) is 4.12. The highest BCUT2D eigenvalue weighted by Gasteiger charge is 1.98. The maximum atomic E-state index is 4.33. The van der Waals surface area contributed by atoms with Gasteiger partial charge in [0, 0.05) is 6.20 Å². The smallest absolute Gasteiger partial charge is 0.0688 e. The molecule has 0 atom stereocenters. The lowest BCUT2D eigenvalue weighted by molar-refractivity contribution is 0.737. The second kappa shape index (κ2) is 5.69. The zero-order valence-corrected chi connectivity index (χ0v) is 10.2. The van der Waals surface area contributed by atoms with Crippen molar-refractivity contribution in [1.82, 2.24) is 4.98 Å². The predicted molar refractivity (Wildman–Crippen MR) is 66.8 cm³/mol. The third-order valence-electron chi connectivity index (χ3n) is 2.13. The molecule has 1 aromatic heterocycles. The molecule has 0 aromatic carbocycles. The molecule has 1 aromatic rings. The minimum absolute atomic E-state index is 0.833. The van der Waals surface area contributed by atoms with Gasteiger partial charge in [-0.25, -0.2) is 0 Å². The van der Waals surface area contributed by atoms with Crippen LogP contribution in [-0.4, -0.2) is 4.98 Å². The lowest BCUT2D eigenvalue weighted by atomic mass is 10.1. The molecule has 0 N–H and O–H groups in total. The summed E-state index contributed by atoms with van der Waals surface area (Å²) in [5.41, 5.74) is 1.42. The van der Waals surface area contributed by atoms with E-state index in [2.05, 4.69) is 44.8 Å². The van der Waals surface area contributed by atoms with Gasteiger partial charge in [-0.2, -0.15) is 0 Å². The summed E-state index contributed by atoms with van der Waals surface area (Å²) < 4.78 is 0. The number of fused-ring (bicyclic) bond motifs is 1. The van der Waals surface area contributed by atoms with Crippen molar-refractivity contribution in [2.24, 2.45) is 5.92 Å². The van der Waals surface area contributed by atoms with Crippen LogP contribution in [0.2, 0.25) is 0 Å². The van der Waals surface area contributed by atoms with Crippen LogP contribution in [0.5, 0.6) is 0 Å². The zero-order chi connectivity index (χ0) is 11.3. The Morgan fingerprint density at radius 3 is 2.53 bits per heavy atom. The van der Waals surface area contributed by atoms with E-state index in [1.54, 1.807) is 0 Å². The first-order valence-electron chi connectivity index (χ1n) is 5.72. The molecule has 1 nitrogen and oxygen atoms in total. The van der Waals surface area contributed by atoms with Crippen molar-refractivity contribution < 1.29 is 0 Å². The lowest BCUT2D eigenvalue weighted by Gasteiger charge is -2.03. The Morgan fingerprint density at radius 1 is 1.27 bits per heavy atom. The van der Waals surface area contributed by atoms with Crippen molar-refractivity contribution in [3.8, 4) is 0 Å². The molecule has 0 amide bonds. The van der Waals surface area contributed by atoms with Gasteiger partial charge in [-0.05, 0) is 42.5 Å². The van der Waals surface area contributed by atoms with Gasteiger partial charge in [0.1, 0.15) is 0 Å². The van der Waals surface area contributed by atoms with Crippen molar-refractivity contribution in [3.05, 3.63) is 28.9 Å². The van der Waals surface area contributed by atoms with Crippen LogP contribution in [0.1, 0.15) is 40.5 Å². The van der Waals surface area contributed by atoms with E-state index in [4.69, 9.17) is 0 Å². The van der Waals surface area contributed by atoms with Gasteiger partial charge < -0.3 is 0 Å². The molecular weight excluding hydrogens is 182 g/mol. The molecule has 1 heteroatoms. The Bertz CT molecular complexity index is 412. The van der Waals surface area contributed by atoms with E-state index in [9.17, 15) is 0 Å². The SMILES string of the molecule is CC(C)C.CC1=c2ncccc2=CCC1. The number of hydrogen-bond acceptors (Lipinski definition) is 1. The lowest BCUT2D eigenvalue weighted by Crippen LogP contribution is -2.31. The Balaban J connectivity index is 0.000000245. The van der Waals surface area contributed by atoms with E-state index in [0.717, 1.165) is 5.92 Å². The van der Waals surface area contributed by atoms with E-state index < -0.39 is 0 Å². The molecule has 15 heavy (non-hydrogen) atoms. The van der Waals surface area contributed by atoms with Gasteiger partial charge >= 0.3 is 0 Å². The third-order valence-corrected chi connectivity index (χ3v) is 2.13. The average Bonchev–Trinajstić information content (AvgIpc) is 2.18. The van der Waals surface area contributed by atoms with Gasteiger partial charge in [0.15, 0.2) is 0 Å². The summed E-state index contributed by atoms with van der Waals surface area (Å²) in [6.07, 6.45) is 6.46. The van der Waals surface area contributed by atoms with Gasteiger partial charge in [0.05, 0.1) is 5.35 Å². The largest absolute Gasteiger partial charge is 0.256 e. The Hall–Kier alpha value is -1.11. The number of hydrogen-bond donors (Lipinski definition) is 0. The number of pyridine rings is 1. The highest BCUT2D eigenvalue weighted by Crippen LogP contribution is 2.04. The molecule has 0 spiro atoms. The van der Waals surface area contributed by atoms with Crippen molar-refractivity contribution >= 4 is 11.6 Å². The molecule has 1 aliphatic rings. The van der Waals surface area contributed by atoms with Crippen molar-refractivity contribution in [2.45, 2.75) is 40.5 Å². The Kier molecular flexibility index (Phi) is 4.54. The van der Waals surface area contributed by atoms with E-state index in [1.807, 2.05) is 12.3 Å². The topological polar surface area (TPSA) is 12.9 Å². The van der Waals surface area contributed by atoms with Crippen LogP contribution in [0.3, 0.4) is 0 Å². The third kappa shape index (κ3) is 3.86. The molecule has 0 unspecified atom stereocenters. The first-order chi connectivity index (χ1) is 7.11. The Morgan fingerprint density at radius 2 is 1.93 bits per heavy atom. The fourth-order valence-corrected chi connectivity index (χ4v) is 1.50. The molecule has 0 radical (unpaired) electrons. The molecule has 2 rings (SSSR count). The Labute approximate surface area is 92.6 Å². The summed E-state index contributed by atoms with van der Waals surface area (Å²) in [4.78, 5) is 4.33. The van der Waals surface area contributed by atoms with Gasteiger partial charge in [-0.3, -0.25) is 4.98 Å².